The summed E-state index contributed by atoms with van der Waals surface area (Å²) in [6, 6.07) is 15.6. The summed E-state index contributed by atoms with van der Waals surface area (Å²) in [5.41, 5.74) is 5.29. The maximum Gasteiger partial charge on any atom is 0.322 e. The highest BCUT2D eigenvalue weighted by molar-refractivity contribution is 7.90. The zero-order valence-corrected chi connectivity index (χ0v) is 20.7. The lowest BCUT2D eigenvalue weighted by Gasteiger charge is -2.24. The van der Waals surface area contributed by atoms with Crippen LogP contribution in [-0.2, 0) is 21.8 Å². The molecule has 182 valence electrons. The van der Waals surface area contributed by atoms with Gasteiger partial charge in [-0.05, 0) is 73.4 Å². The first-order valence-electron chi connectivity index (χ1n) is 11.8. The fourth-order valence-corrected chi connectivity index (χ4v) is 5.99. The lowest BCUT2D eigenvalue weighted by molar-refractivity contribution is 0.245. The Morgan fingerprint density at radius 3 is 2.46 bits per heavy atom. The molecule has 2 amide bonds. The highest BCUT2D eigenvalue weighted by atomic mass is 32.2. The van der Waals surface area contributed by atoms with Crippen molar-refractivity contribution in [3.63, 3.8) is 0 Å². The number of nitrogens with one attached hydrogen (secondary N) is 1. The van der Waals surface area contributed by atoms with Crippen LogP contribution in [0.1, 0.15) is 42.5 Å². The average molecular weight is 492 g/mol. The molecule has 2 aliphatic rings. The molecule has 1 aliphatic heterocycles. The topological polar surface area (TPSA) is 99.6 Å². The van der Waals surface area contributed by atoms with Crippen molar-refractivity contribution in [1.82, 2.24) is 10.3 Å². The van der Waals surface area contributed by atoms with E-state index in [0.717, 1.165) is 59.4 Å². The number of carbonyl (C=O) groups excluding carboxylic acids is 1. The third-order valence-corrected chi connectivity index (χ3v) is 8.34. The number of phenols is 1. The second-order valence-corrected chi connectivity index (χ2v) is 11.7. The number of phenolic OH excluding ortho intramolecular Hbond substituents is 1. The number of fused-ring (bicyclic) bond motifs is 2. The van der Waals surface area contributed by atoms with Gasteiger partial charge in [0, 0.05) is 30.3 Å². The lowest BCUT2D eigenvalue weighted by atomic mass is 9.84. The summed E-state index contributed by atoms with van der Waals surface area (Å²) >= 11 is 0. The van der Waals surface area contributed by atoms with Crippen LogP contribution in [0.15, 0.2) is 59.5 Å². The van der Waals surface area contributed by atoms with Gasteiger partial charge in [0.25, 0.3) is 0 Å². The van der Waals surface area contributed by atoms with Crippen LogP contribution < -0.4 is 10.2 Å². The van der Waals surface area contributed by atoms with Gasteiger partial charge < -0.3 is 10.4 Å². The Balaban J connectivity index is 1.40. The monoisotopic (exact) mass is 491 g/mol. The van der Waals surface area contributed by atoms with Crippen LogP contribution in [0.25, 0.3) is 11.3 Å². The highest BCUT2D eigenvalue weighted by Crippen LogP contribution is 2.50. The third-order valence-electron chi connectivity index (χ3n) is 7.21. The van der Waals surface area contributed by atoms with E-state index in [0.29, 0.717) is 13.1 Å². The fraction of sp³-hybridized carbons (Fsp3) is 0.333. The smallest absolute Gasteiger partial charge is 0.322 e. The van der Waals surface area contributed by atoms with Crippen LogP contribution in [0.5, 0.6) is 5.75 Å². The number of anilines is 1. The number of sulfone groups is 1. The van der Waals surface area contributed by atoms with Gasteiger partial charge in [0.1, 0.15) is 5.75 Å². The Labute approximate surface area is 205 Å². The number of carbonyl (C=O) groups is 1. The second kappa shape index (κ2) is 8.68. The molecule has 35 heavy (non-hydrogen) atoms. The highest BCUT2D eigenvalue weighted by Gasteiger charge is 2.47. The van der Waals surface area contributed by atoms with Crippen LogP contribution in [0, 0.1) is 6.92 Å². The van der Waals surface area contributed by atoms with Crippen LogP contribution in [0.4, 0.5) is 10.5 Å². The molecule has 8 heteroatoms. The summed E-state index contributed by atoms with van der Waals surface area (Å²) in [5, 5.41) is 12.8. The molecular weight excluding hydrogens is 462 g/mol. The zero-order chi connectivity index (χ0) is 24.8. The Morgan fingerprint density at radius 1 is 1.09 bits per heavy atom. The normalized spacial score (nSPS) is 16.5. The van der Waals surface area contributed by atoms with E-state index in [1.54, 1.807) is 41.3 Å². The molecule has 2 aromatic carbocycles. The molecule has 5 rings (SSSR count). The first-order valence-corrected chi connectivity index (χ1v) is 13.7. The van der Waals surface area contributed by atoms with Crippen molar-refractivity contribution in [3.8, 4) is 17.0 Å². The van der Waals surface area contributed by atoms with Gasteiger partial charge in [0.2, 0.25) is 0 Å². The number of benzene rings is 2. The number of amides is 2. The number of nitrogens with zero attached hydrogens (tertiary/aromatic N) is 2. The van der Waals surface area contributed by atoms with E-state index in [1.165, 1.54) is 6.26 Å². The molecule has 0 saturated heterocycles. The first kappa shape index (κ1) is 23.4. The first-order chi connectivity index (χ1) is 16.7. The number of aromatic hydroxyl groups is 1. The Hall–Kier alpha value is -3.39. The maximum atomic E-state index is 13.3. The molecule has 7 nitrogen and oxygen atoms in total. The molecule has 1 spiro atoms. The number of rotatable bonds is 4. The van der Waals surface area contributed by atoms with E-state index in [2.05, 4.69) is 5.32 Å². The van der Waals surface area contributed by atoms with Gasteiger partial charge in [-0.1, -0.05) is 25.0 Å². The number of hydrogen-bond acceptors (Lipinski definition) is 5. The molecule has 1 fully saturated rings. The van der Waals surface area contributed by atoms with Gasteiger partial charge in [-0.25, -0.2) is 18.2 Å². The Morgan fingerprint density at radius 2 is 1.80 bits per heavy atom. The van der Waals surface area contributed by atoms with E-state index in [-0.39, 0.29) is 22.1 Å². The predicted molar refractivity (Wildman–Crippen MR) is 135 cm³/mol. The molecule has 0 unspecified atom stereocenters. The molecule has 1 saturated carbocycles. The van der Waals surface area contributed by atoms with Crippen molar-refractivity contribution >= 4 is 21.6 Å². The summed E-state index contributed by atoms with van der Waals surface area (Å²) < 4.78 is 23.4. The number of pyridine rings is 1. The minimum atomic E-state index is -3.25. The molecule has 2 N–H and O–H groups in total. The number of aryl methyl sites for hydroxylation is 1. The van der Waals surface area contributed by atoms with E-state index < -0.39 is 9.84 Å². The van der Waals surface area contributed by atoms with Crippen molar-refractivity contribution in [2.24, 2.45) is 0 Å². The fourth-order valence-electron chi connectivity index (χ4n) is 5.36. The van der Waals surface area contributed by atoms with Crippen LogP contribution in [0.2, 0.25) is 0 Å². The molecule has 1 aliphatic carbocycles. The van der Waals surface area contributed by atoms with E-state index >= 15 is 0 Å². The minimum absolute atomic E-state index is 0.134. The van der Waals surface area contributed by atoms with Crippen molar-refractivity contribution in [2.75, 3.05) is 17.7 Å². The lowest BCUT2D eigenvalue weighted by Crippen LogP contribution is -2.41. The number of hydrogen-bond donors (Lipinski definition) is 2. The quantitative estimate of drug-likeness (QED) is 0.551. The number of urea groups is 1. The standard InChI is InChI=1S/C27H29N3O4S/c1-18-15-20(31)7-10-22(18)23-11-12-24-25(29-23)27(13-3-4-14-27)17-30(24)26(32)28-16-19-5-8-21(9-6-19)35(2,33)34/h5-12,15,31H,3-4,13-14,16-17H2,1-2H3,(H,28,32). The van der Waals surface area contributed by atoms with E-state index in [1.807, 2.05) is 25.1 Å². The van der Waals surface area contributed by atoms with Crippen LogP contribution in [-0.4, -0.2) is 37.3 Å². The molecule has 0 bridgehead atoms. The molecule has 1 aromatic heterocycles. The van der Waals surface area contributed by atoms with E-state index in [4.69, 9.17) is 4.98 Å². The SMILES string of the molecule is Cc1cc(O)ccc1-c1ccc2c(n1)C1(CCCC1)CN2C(=O)NCc1ccc(S(C)(=O)=O)cc1. The van der Waals surface area contributed by atoms with Crippen LogP contribution >= 0.6 is 0 Å². The third kappa shape index (κ3) is 4.38. The van der Waals surface area contributed by atoms with Gasteiger partial charge >= 0.3 is 6.03 Å². The van der Waals surface area contributed by atoms with Crippen molar-refractivity contribution in [1.29, 1.82) is 0 Å². The Bertz CT molecular complexity index is 1390. The maximum absolute atomic E-state index is 13.3. The van der Waals surface area contributed by atoms with E-state index in [9.17, 15) is 18.3 Å². The average Bonchev–Trinajstić information content (AvgIpc) is 3.42. The van der Waals surface area contributed by atoms with Gasteiger partial charge in [-0.3, -0.25) is 4.90 Å². The summed E-state index contributed by atoms with van der Waals surface area (Å²) in [6.07, 6.45) is 5.41. The molecule has 0 atom stereocenters. The van der Waals surface area contributed by atoms with Gasteiger partial charge in [-0.15, -0.1) is 0 Å². The second-order valence-electron chi connectivity index (χ2n) is 9.71. The van der Waals surface area contributed by atoms with Gasteiger partial charge in [0.05, 0.1) is 22.0 Å². The molecule has 0 radical (unpaired) electrons. The largest absolute Gasteiger partial charge is 0.508 e. The van der Waals surface area contributed by atoms with Crippen molar-refractivity contribution in [3.05, 3.63) is 71.4 Å². The Kier molecular flexibility index (Phi) is 5.79. The summed E-state index contributed by atoms with van der Waals surface area (Å²) in [5.74, 6) is 0.230. The summed E-state index contributed by atoms with van der Waals surface area (Å²) in [6.45, 7) is 2.86. The summed E-state index contributed by atoms with van der Waals surface area (Å²) in [7, 11) is -3.25. The van der Waals surface area contributed by atoms with Crippen molar-refractivity contribution < 1.29 is 18.3 Å². The minimum Gasteiger partial charge on any atom is -0.508 e. The number of aromatic nitrogens is 1. The summed E-state index contributed by atoms with van der Waals surface area (Å²) in [4.78, 5) is 20.4. The predicted octanol–water partition coefficient (Wildman–Crippen LogP) is 4.71. The molecule has 2 heterocycles. The van der Waals surface area contributed by atoms with Gasteiger partial charge in [0.15, 0.2) is 9.84 Å². The molecular formula is C27H29N3O4S. The zero-order valence-electron chi connectivity index (χ0n) is 19.9. The molecule has 3 aromatic rings. The van der Waals surface area contributed by atoms with Gasteiger partial charge in [-0.2, -0.15) is 0 Å². The van der Waals surface area contributed by atoms with Crippen molar-refractivity contribution in [2.45, 2.75) is 49.5 Å². The van der Waals surface area contributed by atoms with Crippen LogP contribution in [0.3, 0.4) is 0 Å².